The maximum absolute atomic E-state index is 6.89. The summed E-state index contributed by atoms with van der Waals surface area (Å²) in [5.74, 6) is 0.862. The summed E-state index contributed by atoms with van der Waals surface area (Å²) in [6, 6.07) is 56.0. The highest BCUT2D eigenvalue weighted by Crippen LogP contribution is 2.50. The van der Waals surface area contributed by atoms with Gasteiger partial charge in [0.1, 0.15) is 22.5 Å². The summed E-state index contributed by atoms with van der Waals surface area (Å²) >= 11 is 0. The fraction of sp³-hybridized carbons (Fsp3) is 0. The molecule has 0 atom stereocenters. The monoisotopic (exact) mass is 586 g/mol. The average Bonchev–Trinajstić information content (AvgIpc) is 3.67. The van der Waals surface area contributed by atoms with Crippen LogP contribution in [0.1, 0.15) is 0 Å². The van der Waals surface area contributed by atoms with E-state index in [1.54, 1.807) is 0 Å². The largest absolute Gasteiger partial charge is 0.456 e. The van der Waals surface area contributed by atoms with Crippen molar-refractivity contribution in [2.75, 3.05) is 0 Å². The zero-order valence-corrected chi connectivity index (χ0v) is 24.8. The topological polar surface area (TPSA) is 26.3 Å². The second-order valence-electron chi connectivity index (χ2n) is 12.0. The fourth-order valence-corrected chi connectivity index (χ4v) is 7.41. The number of furan rings is 2. The second-order valence-corrected chi connectivity index (χ2v) is 12.0. The number of benzene rings is 8. The van der Waals surface area contributed by atoms with Crippen LogP contribution in [-0.2, 0) is 0 Å². The van der Waals surface area contributed by atoms with Crippen LogP contribution in [-0.4, -0.2) is 0 Å². The molecule has 214 valence electrons. The van der Waals surface area contributed by atoms with E-state index in [-0.39, 0.29) is 0 Å². The quantitative estimate of drug-likeness (QED) is 0.193. The lowest BCUT2D eigenvalue weighted by Crippen LogP contribution is -1.91. The van der Waals surface area contributed by atoms with Gasteiger partial charge in [-0.05, 0) is 67.7 Å². The third kappa shape index (κ3) is 3.65. The molecule has 10 rings (SSSR count). The van der Waals surface area contributed by atoms with Gasteiger partial charge in [0, 0.05) is 32.8 Å². The van der Waals surface area contributed by atoms with Crippen molar-refractivity contribution in [3.05, 3.63) is 158 Å². The van der Waals surface area contributed by atoms with Crippen LogP contribution >= 0.6 is 0 Å². The smallest absolute Gasteiger partial charge is 0.143 e. The molecule has 0 amide bonds. The summed E-state index contributed by atoms with van der Waals surface area (Å²) < 4.78 is 13.3. The first-order valence-corrected chi connectivity index (χ1v) is 15.7. The van der Waals surface area contributed by atoms with Crippen molar-refractivity contribution in [2.45, 2.75) is 0 Å². The summed E-state index contributed by atoms with van der Waals surface area (Å²) in [5, 5.41) is 10.5. The van der Waals surface area contributed by atoms with Crippen molar-refractivity contribution < 1.29 is 8.83 Å². The first-order valence-electron chi connectivity index (χ1n) is 15.7. The molecule has 0 fully saturated rings. The Balaban J connectivity index is 1.37. The van der Waals surface area contributed by atoms with Crippen LogP contribution in [0.4, 0.5) is 0 Å². The van der Waals surface area contributed by atoms with Crippen LogP contribution in [0, 0.1) is 0 Å². The van der Waals surface area contributed by atoms with E-state index in [1.165, 1.54) is 49.0 Å². The predicted octanol–water partition coefficient (Wildman–Crippen LogP) is 12.8. The Hall–Kier alpha value is -6.12. The maximum Gasteiger partial charge on any atom is 0.143 e. The number of rotatable bonds is 3. The van der Waals surface area contributed by atoms with Gasteiger partial charge in [-0.2, -0.15) is 0 Å². The molecular formula is C44H26O2. The molecule has 2 heterocycles. The van der Waals surface area contributed by atoms with Gasteiger partial charge in [0.05, 0.1) is 0 Å². The Morgan fingerprint density at radius 1 is 0.283 bits per heavy atom. The predicted molar refractivity (Wildman–Crippen MR) is 192 cm³/mol. The zero-order chi connectivity index (χ0) is 30.2. The fourth-order valence-electron chi connectivity index (χ4n) is 7.41. The summed E-state index contributed by atoms with van der Waals surface area (Å²) in [5.41, 5.74) is 8.34. The van der Waals surface area contributed by atoms with Gasteiger partial charge in [-0.15, -0.1) is 0 Å². The Bertz CT molecular complexity index is 2740. The van der Waals surface area contributed by atoms with Crippen molar-refractivity contribution in [2.24, 2.45) is 0 Å². The van der Waals surface area contributed by atoms with Crippen LogP contribution < -0.4 is 0 Å². The maximum atomic E-state index is 6.89. The van der Waals surface area contributed by atoms with Crippen LogP contribution in [0.15, 0.2) is 167 Å². The minimum Gasteiger partial charge on any atom is -0.456 e. The van der Waals surface area contributed by atoms with Gasteiger partial charge in [0.15, 0.2) is 0 Å². The SMILES string of the molecule is c1ccc(-c2oc3cc4c(cc3c2-c2c3ccccc3c(-c3ccc5ccccc5c3)c3ccccc23)oc2ccccc24)cc1. The molecule has 0 aliphatic heterocycles. The molecule has 0 bridgehead atoms. The van der Waals surface area contributed by atoms with Gasteiger partial charge >= 0.3 is 0 Å². The molecule has 2 heteroatoms. The molecule has 0 unspecified atom stereocenters. The number of hydrogen-bond acceptors (Lipinski definition) is 2. The normalized spacial score (nSPS) is 11.9. The molecule has 0 aliphatic rings. The zero-order valence-electron chi connectivity index (χ0n) is 24.8. The van der Waals surface area contributed by atoms with Crippen LogP contribution in [0.5, 0.6) is 0 Å². The van der Waals surface area contributed by atoms with Gasteiger partial charge in [-0.25, -0.2) is 0 Å². The summed E-state index contributed by atoms with van der Waals surface area (Å²) in [6.45, 7) is 0. The standard InChI is InChI=1S/C44H26O2/c1-2-13-28(14-3-1)44-43(37-26-39-36(25-40(37)46-44)31-16-10-11-21-38(31)45-39)42-34-19-8-6-17-32(34)41(33-18-7-9-20-35(33)42)30-23-22-27-12-4-5-15-29(27)24-30/h1-26H. The van der Waals surface area contributed by atoms with Crippen molar-refractivity contribution in [3.63, 3.8) is 0 Å². The molecule has 46 heavy (non-hydrogen) atoms. The first-order chi connectivity index (χ1) is 22.8. The Morgan fingerprint density at radius 2 is 0.848 bits per heavy atom. The van der Waals surface area contributed by atoms with E-state index in [4.69, 9.17) is 8.83 Å². The molecule has 0 saturated heterocycles. The van der Waals surface area contributed by atoms with E-state index in [1.807, 2.05) is 18.2 Å². The van der Waals surface area contributed by atoms with E-state index in [9.17, 15) is 0 Å². The Labute approximate surface area is 264 Å². The molecule has 0 N–H and O–H groups in total. The molecule has 8 aromatic carbocycles. The Morgan fingerprint density at radius 3 is 1.59 bits per heavy atom. The number of hydrogen-bond donors (Lipinski definition) is 0. The van der Waals surface area contributed by atoms with Gasteiger partial charge in [0.25, 0.3) is 0 Å². The highest BCUT2D eigenvalue weighted by molar-refractivity contribution is 6.26. The van der Waals surface area contributed by atoms with Crippen molar-refractivity contribution in [3.8, 4) is 33.6 Å². The molecule has 2 aromatic heterocycles. The lowest BCUT2D eigenvalue weighted by atomic mass is 9.84. The summed E-state index contributed by atoms with van der Waals surface area (Å²) in [4.78, 5) is 0. The van der Waals surface area contributed by atoms with Gasteiger partial charge in [0.2, 0.25) is 0 Å². The van der Waals surface area contributed by atoms with E-state index < -0.39 is 0 Å². The van der Waals surface area contributed by atoms with Crippen LogP contribution in [0.2, 0.25) is 0 Å². The highest BCUT2D eigenvalue weighted by atomic mass is 16.3. The number of fused-ring (bicyclic) bond motifs is 7. The first kappa shape index (κ1) is 25.2. The van der Waals surface area contributed by atoms with E-state index in [2.05, 4.69) is 140 Å². The third-order valence-corrected chi connectivity index (χ3v) is 9.44. The highest BCUT2D eigenvalue weighted by Gasteiger charge is 2.25. The minimum atomic E-state index is 0.847. The van der Waals surface area contributed by atoms with Gasteiger partial charge in [-0.1, -0.05) is 133 Å². The number of para-hydroxylation sites is 1. The van der Waals surface area contributed by atoms with Crippen molar-refractivity contribution in [1.29, 1.82) is 0 Å². The molecular weight excluding hydrogens is 560 g/mol. The van der Waals surface area contributed by atoms with Gasteiger partial charge in [-0.3, -0.25) is 0 Å². The van der Waals surface area contributed by atoms with E-state index >= 15 is 0 Å². The third-order valence-electron chi connectivity index (χ3n) is 9.44. The summed E-state index contributed by atoms with van der Waals surface area (Å²) in [6.07, 6.45) is 0. The molecule has 0 radical (unpaired) electrons. The van der Waals surface area contributed by atoms with Crippen molar-refractivity contribution in [1.82, 2.24) is 0 Å². The molecule has 0 spiro atoms. The van der Waals surface area contributed by atoms with Crippen LogP contribution in [0.25, 0.3) is 98.8 Å². The van der Waals surface area contributed by atoms with Crippen LogP contribution in [0.3, 0.4) is 0 Å². The molecule has 0 aliphatic carbocycles. The average molecular weight is 587 g/mol. The second kappa shape index (κ2) is 9.69. The Kier molecular flexibility index (Phi) is 5.31. The lowest BCUT2D eigenvalue weighted by molar-refractivity contribution is 0.632. The van der Waals surface area contributed by atoms with Crippen molar-refractivity contribution >= 4 is 65.2 Å². The minimum absolute atomic E-state index is 0.847. The van der Waals surface area contributed by atoms with E-state index in [0.717, 1.165) is 49.8 Å². The molecule has 2 nitrogen and oxygen atoms in total. The van der Waals surface area contributed by atoms with Gasteiger partial charge < -0.3 is 8.83 Å². The summed E-state index contributed by atoms with van der Waals surface area (Å²) in [7, 11) is 0. The lowest BCUT2D eigenvalue weighted by Gasteiger charge is -2.18. The van der Waals surface area contributed by atoms with E-state index in [0.29, 0.717) is 0 Å². The molecule has 0 saturated carbocycles. The molecule has 10 aromatic rings.